The smallest absolute Gasteiger partial charge is 0.318 e. The first-order chi connectivity index (χ1) is 12.1. The Balaban J connectivity index is 1.45. The van der Waals surface area contributed by atoms with Crippen molar-refractivity contribution < 1.29 is 13.6 Å². The van der Waals surface area contributed by atoms with Gasteiger partial charge in [-0.15, -0.1) is 0 Å². The van der Waals surface area contributed by atoms with Crippen LogP contribution in [0.3, 0.4) is 0 Å². The summed E-state index contributed by atoms with van der Waals surface area (Å²) in [7, 11) is 0. The molecular formula is C18H20F2N4O. The highest BCUT2D eigenvalue weighted by atomic mass is 19.3. The lowest BCUT2D eigenvalue weighted by Gasteiger charge is -2.29. The summed E-state index contributed by atoms with van der Waals surface area (Å²) in [6.45, 7) is 1.46. The van der Waals surface area contributed by atoms with Gasteiger partial charge in [0.15, 0.2) is 0 Å². The molecule has 4 rings (SSSR count). The Morgan fingerprint density at radius 1 is 1.20 bits per heavy atom. The molecule has 1 fully saturated rings. The van der Waals surface area contributed by atoms with Crippen LogP contribution in [-0.4, -0.2) is 33.7 Å². The number of halogens is 2. The molecule has 0 spiro atoms. The fraction of sp³-hybridized carbons (Fsp3) is 0.444. The van der Waals surface area contributed by atoms with Gasteiger partial charge in [-0.25, -0.2) is 13.6 Å². The summed E-state index contributed by atoms with van der Waals surface area (Å²) < 4.78 is 28.7. The molecule has 1 aliphatic heterocycles. The molecule has 1 unspecified atom stereocenters. The molecule has 1 N–H and O–H groups in total. The van der Waals surface area contributed by atoms with E-state index in [2.05, 4.69) is 10.4 Å². The summed E-state index contributed by atoms with van der Waals surface area (Å²) in [5.41, 5.74) is 2.47. The normalized spacial score (nSPS) is 18.1. The number of hydrogen-bond donors (Lipinski definition) is 1. The van der Waals surface area contributed by atoms with Crippen molar-refractivity contribution in [1.29, 1.82) is 0 Å². The van der Waals surface area contributed by atoms with Gasteiger partial charge >= 0.3 is 6.03 Å². The lowest BCUT2D eigenvalue weighted by molar-refractivity contribution is 0.0944. The fourth-order valence-electron chi connectivity index (χ4n) is 3.22. The van der Waals surface area contributed by atoms with Crippen molar-refractivity contribution in [3.05, 3.63) is 53.3 Å². The standard InChI is InChI=1S/C18H20F2N4O/c19-17(20)16(13-4-2-1-3-5-13)21-18(25)23-8-9-24-14(11-23)10-15(22-24)12-6-7-12/h1-5,10,12,16-17H,6-9,11H2,(H,21,25). The Hall–Kier alpha value is -2.44. The van der Waals surface area contributed by atoms with Gasteiger partial charge in [0, 0.05) is 12.5 Å². The summed E-state index contributed by atoms with van der Waals surface area (Å²) in [6.07, 6.45) is -0.315. The molecule has 25 heavy (non-hydrogen) atoms. The van der Waals surface area contributed by atoms with Crippen molar-refractivity contribution in [2.75, 3.05) is 6.54 Å². The second-order valence-electron chi connectivity index (χ2n) is 6.65. The second kappa shape index (κ2) is 6.46. The zero-order valence-corrected chi connectivity index (χ0v) is 13.7. The lowest BCUT2D eigenvalue weighted by atomic mass is 10.1. The molecule has 0 saturated heterocycles. The van der Waals surface area contributed by atoms with Crippen LogP contribution < -0.4 is 5.32 Å². The molecule has 2 amide bonds. The highest BCUT2D eigenvalue weighted by Crippen LogP contribution is 2.39. The van der Waals surface area contributed by atoms with Crippen LogP contribution in [0.2, 0.25) is 0 Å². The highest BCUT2D eigenvalue weighted by molar-refractivity contribution is 5.75. The van der Waals surface area contributed by atoms with Crippen molar-refractivity contribution in [3.63, 3.8) is 0 Å². The van der Waals surface area contributed by atoms with E-state index in [0.29, 0.717) is 31.1 Å². The van der Waals surface area contributed by atoms with E-state index in [-0.39, 0.29) is 0 Å². The maximum absolute atomic E-state index is 13.4. The average Bonchev–Trinajstić information content (AvgIpc) is 3.38. The number of nitrogens with zero attached hydrogens (tertiary/aromatic N) is 3. The molecule has 1 aromatic heterocycles. The zero-order valence-electron chi connectivity index (χ0n) is 13.7. The number of urea groups is 1. The van der Waals surface area contributed by atoms with Crippen molar-refractivity contribution in [2.24, 2.45) is 0 Å². The minimum absolute atomic E-state index is 0.399. The number of carbonyl (C=O) groups is 1. The predicted octanol–water partition coefficient (Wildman–Crippen LogP) is 3.29. The summed E-state index contributed by atoms with van der Waals surface area (Å²) in [6, 6.07) is 8.62. The lowest BCUT2D eigenvalue weighted by Crippen LogP contribution is -2.46. The molecule has 7 heteroatoms. The van der Waals surface area contributed by atoms with Gasteiger partial charge in [-0.3, -0.25) is 4.68 Å². The van der Waals surface area contributed by atoms with Crippen LogP contribution in [-0.2, 0) is 13.1 Å². The molecule has 5 nitrogen and oxygen atoms in total. The molecule has 2 aliphatic rings. The van der Waals surface area contributed by atoms with Crippen LogP contribution >= 0.6 is 0 Å². The van der Waals surface area contributed by atoms with Crippen molar-refractivity contribution in [1.82, 2.24) is 20.0 Å². The number of rotatable bonds is 4. The summed E-state index contributed by atoms with van der Waals surface area (Å²) >= 11 is 0. The molecule has 2 aromatic rings. The van der Waals surface area contributed by atoms with Crippen molar-refractivity contribution in [3.8, 4) is 0 Å². The van der Waals surface area contributed by atoms with E-state index in [1.54, 1.807) is 35.2 Å². The molecular weight excluding hydrogens is 326 g/mol. The average molecular weight is 346 g/mol. The number of amides is 2. The van der Waals surface area contributed by atoms with Gasteiger partial charge in [0.25, 0.3) is 6.43 Å². The Bertz CT molecular complexity index is 758. The minimum atomic E-state index is -2.66. The van der Waals surface area contributed by atoms with E-state index in [1.807, 2.05) is 10.7 Å². The topological polar surface area (TPSA) is 50.2 Å². The van der Waals surface area contributed by atoms with Gasteiger partial charge in [-0.2, -0.15) is 5.10 Å². The highest BCUT2D eigenvalue weighted by Gasteiger charge is 2.31. The van der Waals surface area contributed by atoms with Crippen LogP contribution in [0.5, 0.6) is 0 Å². The summed E-state index contributed by atoms with van der Waals surface area (Å²) in [5.74, 6) is 0.557. The predicted molar refractivity (Wildman–Crippen MR) is 88.3 cm³/mol. The maximum atomic E-state index is 13.4. The number of hydrogen-bond acceptors (Lipinski definition) is 2. The first-order valence-corrected chi connectivity index (χ1v) is 8.57. The van der Waals surface area contributed by atoms with Gasteiger partial charge in [-0.1, -0.05) is 30.3 Å². The first-order valence-electron chi connectivity index (χ1n) is 8.57. The fourth-order valence-corrected chi connectivity index (χ4v) is 3.22. The first kappa shape index (κ1) is 16.1. The summed E-state index contributed by atoms with van der Waals surface area (Å²) in [4.78, 5) is 14.1. The van der Waals surface area contributed by atoms with E-state index in [9.17, 15) is 13.6 Å². The van der Waals surface area contributed by atoms with E-state index < -0.39 is 18.5 Å². The third kappa shape index (κ3) is 3.36. The number of benzene rings is 1. The number of aromatic nitrogens is 2. The van der Waals surface area contributed by atoms with Gasteiger partial charge in [0.05, 0.1) is 24.5 Å². The quantitative estimate of drug-likeness (QED) is 0.924. The minimum Gasteiger partial charge on any atom is -0.325 e. The monoisotopic (exact) mass is 346 g/mol. The third-order valence-electron chi connectivity index (χ3n) is 4.79. The van der Waals surface area contributed by atoms with E-state index in [0.717, 1.165) is 11.4 Å². The number of nitrogens with one attached hydrogen (secondary N) is 1. The zero-order chi connectivity index (χ0) is 17.4. The van der Waals surface area contributed by atoms with E-state index in [1.165, 1.54) is 12.8 Å². The van der Waals surface area contributed by atoms with Gasteiger partial charge in [-0.05, 0) is 24.5 Å². The van der Waals surface area contributed by atoms with Crippen LogP contribution in [0.1, 0.15) is 41.8 Å². The Labute approximate surface area is 144 Å². The second-order valence-corrected chi connectivity index (χ2v) is 6.65. The molecule has 2 heterocycles. The molecule has 1 aliphatic carbocycles. The molecule has 0 bridgehead atoms. The molecule has 1 saturated carbocycles. The molecule has 1 atom stereocenters. The number of fused-ring (bicyclic) bond motifs is 1. The Morgan fingerprint density at radius 3 is 2.64 bits per heavy atom. The summed E-state index contributed by atoms with van der Waals surface area (Å²) in [5, 5.41) is 7.06. The van der Waals surface area contributed by atoms with Gasteiger partial charge in [0.2, 0.25) is 0 Å². The molecule has 0 radical (unpaired) electrons. The van der Waals surface area contributed by atoms with Crippen molar-refractivity contribution >= 4 is 6.03 Å². The number of carbonyl (C=O) groups excluding carboxylic acids is 1. The third-order valence-corrected chi connectivity index (χ3v) is 4.79. The SMILES string of the molecule is O=C(NC(c1ccccc1)C(F)F)N1CCn2nc(C3CC3)cc2C1. The van der Waals surface area contributed by atoms with Gasteiger partial charge in [0.1, 0.15) is 6.04 Å². The van der Waals surface area contributed by atoms with Crippen LogP contribution in [0.4, 0.5) is 13.6 Å². The number of alkyl halides is 2. The largest absolute Gasteiger partial charge is 0.325 e. The molecule has 132 valence electrons. The van der Waals surface area contributed by atoms with E-state index in [4.69, 9.17) is 0 Å². The van der Waals surface area contributed by atoms with Crippen molar-refractivity contribution in [2.45, 2.75) is 44.3 Å². The Kier molecular flexibility index (Phi) is 4.15. The maximum Gasteiger partial charge on any atom is 0.318 e. The van der Waals surface area contributed by atoms with Gasteiger partial charge < -0.3 is 10.2 Å². The van der Waals surface area contributed by atoms with Crippen LogP contribution in [0.25, 0.3) is 0 Å². The Morgan fingerprint density at radius 2 is 1.96 bits per heavy atom. The molecule has 1 aromatic carbocycles. The van der Waals surface area contributed by atoms with Crippen LogP contribution in [0.15, 0.2) is 36.4 Å². The van der Waals surface area contributed by atoms with E-state index >= 15 is 0 Å². The van der Waals surface area contributed by atoms with Crippen LogP contribution in [0, 0.1) is 0 Å².